The van der Waals surface area contributed by atoms with Gasteiger partial charge in [0.15, 0.2) is 0 Å². The summed E-state index contributed by atoms with van der Waals surface area (Å²) in [6.45, 7) is 5.12. The number of para-hydroxylation sites is 1. The smallest absolute Gasteiger partial charge is 0.405 e. The van der Waals surface area contributed by atoms with E-state index < -0.39 is 6.36 Å². The van der Waals surface area contributed by atoms with Gasteiger partial charge in [-0.3, -0.25) is 0 Å². The minimum Gasteiger partial charge on any atom is -0.405 e. The Morgan fingerprint density at radius 3 is 2.60 bits per heavy atom. The van der Waals surface area contributed by atoms with E-state index in [0.717, 1.165) is 19.4 Å². The Kier molecular flexibility index (Phi) is 4.58. The van der Waals surface area contributed by atoms with Crippen molar-refractivity contribution in [3.8, 4) is 5.75 Å². The molecule has 2 rings (SSSR count). The highest BCUT2D eigenvalue weighted by atomic mass is 19.4. The van der Waals surface area contributed by atoms with E-state index in [4.69, 9.17) is 0 Å². The van der Waals surface area contributed by atoms with Crippen LogP contribution in [0.2, 0.25) is 0 Å². The fraction of sp³-hybridized carbons (Fsp3) is 0.600. The van der Waals surface area contributed by atoms with Crippen LogP contribution in [0, 0.1) is 5.92 Å². The number of halogens is 3. The summed E-state index contributed by atoms with van der Waals surface area (Å²) in [5.74, 6) is 0.383. The Bertz CT molecular complexity index is 447. The van der Waals surface area contributed by atoms with Gasteiger partial charge in [0, 0.05) is 6.04 Å². The molecular formula is C15H20F3NO. The van der Waals surface area contributed by atoms with Crippen LogP contribution in [0.25, 0.3) is 0 Å². The van der Waals surface area contributed by atoms with E-state index in [2.05, 4.69) is 23.9 Å². The van der Waals surface area contributed by atoms with E-state index >= 15 is 0 Å². The van der Waals surface area contributed by atoms with Gasteiger partial charge in [-0.1, -0.05) is 32.0 Å². The maximum Gasteiger partial charge on any atom is 0.573 e. The van der Waals surface area contributed by atoms with Gasteiger partial charge in [0.2, 0.25) is 0 Å². The number of rotatable bonds is 5. The van der Waals surface area contributed by atoms with Gasteiger partial charge in [0.25, 0.3) is 0 Å². The Morgan fingerprint density at radius 1 is 1.30 bits per heavy atom. The zero-order valence-electron chi connectivity index (χ0n) is 11.7. The van der Waals surface area contributed by atoms with Crippen molar-refractivity contribution in [1.82, 2.24) is 5.32 Å². The quantitative estimate of drug-likeness (QED) is 0.881. The molecular weight excluding hydrogens is 267 g/mol. The lowest BCUT2D eigenvalue weighted by Crippen LogP contribution is -2.48. The van der Waals surface area contributed by atoms with Gasteiger partial charge in [-0.2, -0.15) is 0 Å². The molecule has 2 nitrogen and oxygen atoms in total. The van der Waals surface area contributed by atoms with E-state index in [0.29, 0.717) is 17.5 Å². The number of nitrogens with one attached hydrogen (secondary N) is 1. The lowest BCUT2D eigenvalue weighted by atomic mass is 9.67. The third-order valence-corrected chi connectivity index (χ3v) is 3.98. The SMILES string of the molecule is CCCNC1CC(c2ccccc2OC(F)(F)F)C1C. The summed E-state index contributed by atoms with van der Waals surface area (Å²) < 4.78 is 41.4. The maximum atomic E-state index is 12.4. The molecule has 0 spiro atoms. The average molecular weight is 287 g/mol. The topological polar surface area (TPSA) is 21.3 Å². The largest absolute Gasteiger partial charge is 0.573 e. The predicted molar refractivity (Wildman–Crippen MR) is 71.7 cm³/mol. The lowest BCUT2D eigenvalue weighted by molar-refractivity contribution is -0.275. The summed E-state index contributed by atoms with van der Waals surface area (Å²) in [4.78, 5) is 0. The molecule has 1 aliphatic carbocycles. The van der Waals surface area contributed by atoms with Crippen molar-refractivity contribution in [3.63, 3.8) is 0 Å². The molecule has 1 aromatic carbocycles. The minimum absolute atomic E-state index is 0.0641. The first-order valence-corrected chi connectivity index (χ1v) is 7.00. The van der Waals surface area contributed by atoms with Crippen molar-refractivity contribution in [1.29, 1.82) is 0 Å². The van der Waals surface area contributed by atoms with E-state index in [1.807, 2.05) is 0 Å². The highest BCUT2D eigenvalue weighted by Crippen LogP contribution is 2.46. The number of hydrogen-bond acceptors (Lipinski definition) is 2. The first kappa shape index (κ1) is 15.2. The third kappa shape index (κ3) is 3.45. The van der Waals surface area contributed by atoms with Crippen molar-refractivity contribution in [2.24, 2.45) is 5.92 Å². The van der Waals surface area contributed by atoms with Crippen LogP contribution in [0.15, 0.2) is 24.3 Å². The molecule has 3 unspecified atom stereocenters. The van der Waals surface area contributed by atoms with Gasteiger partial charge >= 0.3 is 6.36 Å². The summed E-state index contributed by atoms with van der Waals surface area (Å²) in [5, 5.41) is 3.42. The third-order valence-electron chi connectivity index (χ3n) is 3.98. The zero-order chi connectivity index (χ0) is 14.8. The molecule has 1 aromatic rings. The fourth-order valence-corrected chi connectivity index (χ4v) is 2.80. The van der Waals surface area contributed by atoms with E-state index in [-0.39, 0.29) is 11.7 Å². The Labute approximate surface area is 117 Å². The molecule has 0 saturated heterocycles. The van der Waals surface area contributed by atoms with E-state index in [9.17, 15) is 13.2 Å². The standard InChI is InChI=1S/C15H20F3NO/c1-3-8-19-13-9-12(10(13)2)11-6-4-5-7-14(11)20-15(16,17)18/h4-7,10,12-13,19H,3,8-9H2,1-2H3. The molecule has 1 N–H and O–H groups in total. The van der Waals surface area contributed by atoms with Gasteiger partial charge in [-0.15, -0.1) is 13.2 Å². The second-order valence-electron chi connectivity index (χ2n) is 5.35. The average Bonchev–Trinajstić information content (AvgIpc) is 2.37. The monoisotopic (exact) mass is 287 g/mol. The fourth-order valence-electron chi connectivity index (χ4n) is 2.80. The summed E-state index contributed by atoms with van der Waals surface area (Å²) >= 11 is 0. The molecule has 1 saturated carbocycles. The minimum atomic E-state index is -4.64. The summed E-state index contributed by atoms with van der Waals surface area (Å²) in [6, 6.07) is 6.85. The van der Waals surface area contributed by atoms with Crippen LogP contribution in [0.3, 0.4) is 0 Å². The van der Waals surface area contributed by atoms with Crippen molar-refractivity contribution in [2.75, 3.05) is 6.54 Å². The molecule has 5 heteroatoms. The molecule has 0 aromatic heterocycles. The highest BCUT2D eigenvalue weighted by Gasteiger charge is 2.41. The van der Waals surface area contributed by atoms with Crippen LogP contribution in [-0.4, -0.2) is 18.9 Å². The highest BCUT2D eigenvalue weighted by molar-refractivity contribution is 5.38. The van der Waals surface area contributed by atoms with Crippen molar-refractivity contribution >= 4 is 0 Å². The van der Waals surface area contributed by atoms with Gasteiger partial charge in [-0.05, 0) is 42.9 Å². The van der Waals surface area contributed by atoms with Gasteiger partial charge in [0.1, 0.15) is 5.75 Å². The molecule has 3 atom stereocenters. The number of hydrogen-bond donors (Lipinski definition) is 1. The number of alkyl halides is 3. The van der Waals surface area contributed by atoms with Crippen LogP contribution >= 0.6 is 0 Å². The molecule has 0 radical (unpaired) electrons. The van der Waals surface area contributed by atoms with Crippen LogP contribution in [0.5, 0.6) is 5.75 Å². The summed E-state index contributed by atoms with van der Waals surface area (Å²) in [6.07, 6.45) is -2.72. The Balaban J connectivity index is 2.07. The second kappa shape index (κ2) is 6.04. The van der Waals surface area contributed by atoms with Gasteiger partial charge < -0.3 is 10.1 Å². The van der Waals surface area contributed by atoms with Gasteiger partial charge in [-0.25, -0.2) is 0 Å². The van der Waals surface area contributed by atoms with Crippen LogP contribution in [0.1, 0.15) is 38.2 Å². The van der Waals surface area contributed by atoms with Crippen LogP contribution in [-0.2, 0) is 0 Å². The Morgan fingerprint density at radius 2 is 2.00 bits per heavy atom. The molecule has 1 fully saturated rings. The predicted octanol–water partition coefficient (Wildman–Crippen LogP) is 4.08. The zero-order valence-corrected chi connectivity index (χ0v) is 11.7. The summed E-state index contributed by atoms with van der Waals surface area (Å²) in [5.41, 5.74) is 0.659. The molecule has 20 heavy (non-hydrogen) atoms. The molecule has 0 bridgehead atoms. The summed E-state index contributed by atoms with van der Waals surface area (Å²) in [7, 11) is 0. The lowest BCUT2D eigenvalue weighted by Gasteiger charge is -2.44. The molecule has 0 heterocycles. The Hall–Kier alpha value is -1.23. The molecule has 0 aliphatic heterocycles. The molecule has 1 aliphatic rings. The maximum absolute atomic E-state index is 12.4. The first-order chi connectivity index (χ1) is 9.42. The van der Waals surface area contributed by atoms with Gasteiger partial charge in [0.05, 0.1) is 0 Å². The van der Waals surface area contributed by atoms with Crippen LogP contribution in [0.4, 0.5) is 13.2 Å². The molecule has 112 valence electrons. The van der Waals surface area contributed by atoms with E-state index in [1.165, 1.54) is 6.07 Å². The number of ether oxygens (including phenoxy) is 1. The van der Waals surface area contributed by atoms with Crippen molar-refractivity contribution in [3.05, 3.63) is 29.8 Å². The number of benzene rings is 1. The van der Waals surface area contributed by atoms with Crippen LogP contribution < -0.4 is 10.1 Å². The second-order valence-corrected chi connectivity index (χ2v) is 5.35. The van der Waals surface area contributed by atoms with Crippen molar-refractivity contribution in [2.45, 2.75) is 45.0 Å². The normalized spacial score (nSPS) is 26.1. The van der Waals surface area contributed by atoms with E-state index in [1.54, 1.807) is 18.2 Å². The van der Waals surface area contributed by atoms with Crippen molar-refractivity contribution < 1.29 is 17.9 Å². The first-order valence-electron chi connectivity index (χ1n) is 7.00. The molecule has 0 amide bonds.